The molecule has 0 bridgehead atoms. The molecule has 2 heteroatoms. The van der Waals surface area contributed by atoms with E-state index >= 15 is 0 Å². The molecule has 92 valence electrons. The van der Waals surface area contributed by atoms with Gasteiger partial charge in [0.25, 0.3) is 0 Å². The minimum Gasteiger partial charge on any atom is -0.300 e. The summed E-state index contributed by atoms with van der Waals surface area (Å²) in [4.78, 5) is 11.6. The Balaban J connectivity index is 2.97. The highest BCUT2D eigenvalue weighted by molar-refractivity contribution is 6.83. The molecule has 0 heterocycles. The topological polar surface area (TPSA) is 17.1 Å². The Morgan fingerprint density at radius 3 is 2.44 bits per heavy atom. The Morgan fingerprint density at radius 1 is 1.44 bits per heavy atom. The Labute approximate surface area is 101 Å². The summed E-state index contributed by atoms with van der Waals surface area (Å²) in [5, 5.41) is 1.63. The van der Waals surface area contributed by atoms with Crippen molar-refractivity contribution in [3.8, 4) is 0 Å². The molecule has 0 aromatic rings. The van der Waals surface area contributed by atoms with Gasteiger partial charge in [0, 0.05) is 12.8 Å². The predicted octanol–water partition coefficient (Wildman–Crippen LogP) is 4.35. The molecule has 1 aliphatic carbocycles. The molecule has 1 rings (SSSR count). The lowest BCUT2D eigenvalue weighted by molar-refractivity contribution is -0.117. The van der Waals surface area contributed by atoms with Crippen LogP contribution < -0.4 is 0 Å². The van der Waals surface area contributed by atoms with Gasteiger partial charge in [0.15, 0.2) is 0 Å². The largest absolute Gasteiger partial charge is 0.300 e. The summed E-state index contributed by atoms with van der Waals surface area (Å²) in [5.41, 5.74) is 0.191. The summed E-state index contributed by atoms with van der Waals surface area (Å²) in [6, 6.07) is 0. The second-order valence-electron chi connectivity index (χ2n) is 6.43. The highest BCUT2D eigenvalue weighted by Gasteiger charge is 2.41. The van der Waals surface area contributed by atoms with Gasteiger partial charge in [0.2, 0.25) is 0 Å². The first-order valence-electron chi connectivity index (χ1n) is 6.52. The fourth-order valence-electron chi connectivity index (χ4n) is 3.00. The Kier molecular flexibility index (Phi) is 4.16. The molecule has 1 fully saturated rings. The zero-order valence-corrected chi connectivity index (χ0v) is 12.5. The summed E-state index contributed by atoms with van der Waals surface area (Å²) in [6.45, 7) is 11.7. The lowest BCUT2D eigenvalue weighted by Gasteiger charge is -2.35. The van der Waals surface area contributed by atoms with Crippen molar-refractivity contribution in [2.45, 2.75) is 65.6 Å². The van der Waals surface area contributed by atoms with E-state index in [0.717, 1.165) is 19.3 Å². The molecule has 0 N–H and O–H groups in total. The van der Waals surface area contributed by atoms with Crippen LogP contribution in [0.5, 0.6) is 0 Å². The molecule has 0 radical (unpaired) electrons. The van der Waals surface area contributed by atoms with Crippen LogP contribution in [-0.2, 0) is 4.79 Å². The molecule has 0 spiro atoms. The van der Waals surface area contributed by atoms with Crippen LogP contribution >= 0.6 is 0 Å². The number of hydrogen-bond donors (Lipinski definition) is 0. The zero-order chi connectivity index (χ0) is 12.4. The van der Waals surface area contributed by atoms with E-state index in [2.05, 4.69) is 39.6 Å². The van der Waals surface area contributed by atoms with Crippen LogP contribution in [0.2, 0.25) is 19.6 Å². The molecule has 16 heavy (non-hydrogen) atoms. The first kappa shape index (κ1) is 13.7. The first-order valence-corrected chi connectivity index (χ1v) is 10.0. The second kappa shape index (κ2) is 4.87. The van der Waals surface area contributed by atoms with Crippen LogP contribution in [0.15, 0.2) is 11.3 Å². The Morgan fingerprint density at radius 2 is 2.06 bits per heavy atom. The molecule has 1 saturated carbocycles. The van der Waals surface area contributed by atoms with E-state index in [4.69, 9.17) is 0 Å². The van der Waals surface area contributed by atoms with Crippen LogP contribution in [0.3, 0.4) is 0 Å². The minimum atomic E-state index is -1.28. The van der Waals surface area contributed by atoms with Crippen molar-refractivity contribution in [3.63, 3.8) is 0 Å². The highest BCUT2D eigenvalue weighted by Crippen LogP contribution is 2.45. The van der Waals surface area contributed by atoms with E-state index in [1.54, 1.807) is 5.20 Å². The van der Waals surface area contributed by atoms with E-state index in [-0.39, 0.29) is 5.41 Å². The molecule has 1 atom stereocenters. The van der Waals surface area contributed by atoms with Crippen LogP contribution in [0.4, 0.5) is 0 Å². The SMILES string of the molecule is CCC/C=C(/[C@]1(C)CCC(=O)C1)[Si](C)(C)C. The van der Waals surface area contributed by atoms with Crippen LogP contribution in [-0.4, -0.2) is 13.9 Å². The lowest BCUT2D eigenvalue weighted by Crippen LogP contribution is -2.34. The van der Waals surface area contributed by atoms with Gasteiger partial charge in [-0.1, -0.05) is 51.2 Å². The molecule has 0 saturated heterocycles. The minimum absolute atomic E-state index is 0.191. The van der Waals surface area contributed by atoms with Gasteiger partial charge in [-0.3, -0.25) is 4.79 Å². The Hall–Kier alpha value is -0.373. The maximum atomic E-state index is 11.6. The summed E-state index contributed by atoms with van der Waals surface area (Å²) < 4.78 is 0. The number of hydrogen-bond acceptors (Lipinski definition) is 1. The van der Waals surface area contributed by atoms with Crippen molar-refractivity contribution >= 4 is 13.9 Å². The lowest BCUT2D eigenvalue weighted by atomic mass is 9.87. The maximum absolute atomic E-state index is 11.6. The highest BCUT2D eigenvalue weighted by atomic mass is 28.3. The zero-order valence-electron chi connectivity index (χ0n) is 11.5. The van der Waals surface area contributed by atoms with Crippen molar-refractivity contribution in [1.82, 2.24) is 0 Å². The molecule has 0 aromatic carbocycles. The second-order valence-corrected chi connectivity index (χ2v) is 11.5. The van der Waals surface area contributed by atoms with Gasteiger partial charge < -0.3 is 0 Å². The van der Waals surface area contributed by atoms with Gasteiger partial charge in [0.05, 0.1) is 8.07 Å². The predicted molar refractivity (Wildman–Crippen MR) is 73.3 cm³/mol. The standard InChI is InChI=1S/C14H26OSi/c1-6-7-8-13(16(3,4)5)14(2)10-9-12(15)11-14/h8H,6-7,9-11H2,1-5H3/b13-8-/t14-/m1/s1. The molecule has 0 amide bonds. The summed E-state index contributed by atoms with van der Waals surface area (Å²) in [6.07, 6.45) is 7.48. The molecule has 0 aromatic heterocycles. The first-order chi connectivity index (χ1) is 7.29. The summed E-state index contributed by atoms with van der Waals surface area (Å²) in [5.74, 6) is 0.461. The van der Waals surface area contributed by atoms with E-state index < -0.39 is 8.07 Å². The van der Waals surface area contributed by atoms with Crippen LogP contribution in [0.25, 0.3) is 0 Å². The smallest absolute Gasteiger partial charge is 0.133 e. The van der Waals surface area contributed by atoms with Crippen molar-refractivity contribution in [2.24, 2.45) is 5.41 Å². The normalized spacial score (nSPS) is 27.6. The molecular formula is C14H26OSi. The number of allylic oxidation sites excluding steroid dienone is 2. The third-order valence-corrected chi connectivity index (χ3v) is 6.06. The maximum Gasteiger partial charge on any atom is 0.133 e. The van der Waals surface area contributed by atoms with Crippen LogP contribution in [0.1, 0.15) is 46.0 Å². The van der Waals surface area contributed by atoms with E-state index in [9.17, 15) is 4.79 Å². The Bertz CT molecular complexity index is 298. The molecule has 1 nitrogen and oxygen atoms in total. The van der Waals surface area contributed by atoms with Crippen molar-refractivity contribution < 1.29 is 4.79 Å². The quantitative estimate of drug-likeness (QED) is 0.666. The molecule has 1 aliphatic rings. The van der Waals surface area contributed by atoms with Gasteiger partial charge in [-0.05, 0) is 18.3 Å². The fourth-order valence-corrected chi connectivity index (χ4v) is 5.78. The number of carbonyl (C=O) groups excluding carboxylic acids is 1. The number of unbranched alkanes of at least 4 members (excludes halogenated alkanes) is 1. The molecular weight excluding hydrogens is 212 g/mol. The monoisotopic (exact) mass is 238 g/mol. The molecule has 0 unspecified atom stereocenters. The van der Waals surface area contributed by atoms with Gasteiger partial charge in [0.1, 0.15) is 5.78 Å². The van der Waals surface area contributed by atoms with Gasteiger partial charge in [-0.15, -0.1) is 0 Å². The average molecular weight is 238 g/mol. The van der Waals surface area contributed by atoms with Crippen LogP contribution in [0, 0.1) is 5.41 Å². The molecule has 0 aliphatic heterocycles. The van der Waals surface area contributed by atoms with Gasteiger partial charge in [-0.2, -0.15) is 0 Å². The number of ketones is 1. The van der Waals surface area contributed by atoms with Gasteiger partial charge in [-0.25, -0.2) is 0 Å². The number of Topliss-reactive ketones (excluding diaryl/α,β-unsaturated/α-hetero) is 1. The number of rotatable bonds is 4. The fraction of sp³-hybridized carbons (Fsp3) is 0.786. The van der Waals surface area contributed by atoms with Crippen molar-refractivity contribution in [2.75, 3.05) is 0 Å². The van der Waals surface area contributed by atoms with E-state index in [1.165, 1.54) is 12.8 Å². The third-order valence-electron chi connectivity index (χ3n) is 3.64. The third kappa shape index (κ3) is 3.06. The summed E-state index contributed by atoms with van der Waals surface area (Å²) >= 11 is 0. The van der Waals surface area contributed by atoms with Crippen molar-refractivity contribution in [1.29, 1.82) is 0 Å². The summed E-state index contributed by atoms with van der Waals surface area (Å²) in [7, 11) is -1.28. The van der Waals surface area contributed by atoms with Crippen molar-refractivity contribution in [3.05, 3.63) is 11.3 Å². The number of carbonyl (C=O) groups is 1. The average Bonchev–Trinajstić information content (AvgIpc) is 2.45. The van der Waals surface area contributed by atoms with Gasteiger partial charge >= 0.3 is 0 Å². The van der Waals surface area contributed by atoms with E-state index in [1.807, 2.05) is 0 Å². The van der Waals surface area contributed by atoms with E-state index in [0.29, 0.717) is 5.78 Å².